The molecule has 0 saturated heterocycles. The maximum Gasteiger partial charge on any atom is 0.340 e. The molecule has 0 amide bonds. The Kier molecular flexibility index (Phi) is 4.63. The van der Waals surface area contributed by atoms with Crippen LogP contribution in [-0.2, 0) is 4.74 Å². The summed E-state index contributed by atoms with van der Waals surface area (Å²) in [4.78, 5) is 13.0. The van der Waals surface area contributed by atoms with Crippen molar-refractivity contribution in [2.75, 3.05) is 14.2 Å². The average Bonchev–Trinajstić information content (AvgIpc) is 2.47. The molecule has 2 rings (SSSR count). The van der Waals surface area contributed by atoms with Gasteiger partial charge in [-0.3, -0.25) is 0 Å². The Morgan fingerprint density at radius 3 is 2.25 bits per heavy atom. The Morgan fingerprint density at radius 2 is 1.70 bits per heavy atom. The smallest absolute Gasteiger partial charge is 0.340 e. The molecule has 0 N–H and O–H groups in total. The number of carbonyl (C=O) groups excluding carboxylic acids is 1. The number of hydrogen-bond acceptors (Lipinski definition) is 4. The summed E-state index contributed by atoms with van der Waals surface area (Å²) < 4.78 is 23.3. The molecule has 0 aliphatic carbocycles. The molecule has 0 spiro atoms. The van der Waals surface area contributed by atoms with Crippen LogP contribution in [0.4, 0.5) is 4.39 Å². The van der Waals surface area contributed by atoms with Crippen LogP contribution < -0.4 is 4.74 Å². The molecule has 5 heteroatoms. The van der Waals surface area contributed by atoms with Gasteiger partial charge in [0.15, 0.2) is 0 Å². The van der Waals surface area contributed by atoms with Crippen LogP contribution in [0, 0.1) is 5.82 Å². The third kappa shape index (κ3) is 3.30. The zero-order valence-corrected chi connectivity index (χ0v) is 11.9. The predicted molar refractivity (Wildman–Crippen MR) is 74.9 cm³/mol. The number of benzene rings is 2. The van der Waals surface area contributed by atoms with E-state index >= 15 is 0 Å². The predicted octanol–water partition coefficient (Wildman–Crippen LogP) is 3.77. The lowest BCUT2D eigenvalue weighted by Gasteiger charge is -2.06. The van der Waals surface area contributed by atoms with Crippen LogP contribution in [0.25, 0.3) is 0 Å². The van der Waals surface area contributed by atoms with Gasteiger partial charge in [0, 0.05) is 9.79 Å². The second kappa shape index (κ2) is 6.43. The van der Waals surface area contributed by atoms with Crippen molar-refractivity contribution in [1.82, 2.24) is 0 Å². The van der Waals surface area contributed by atoms with E-state index in [1.165, 1.54) is 31.0 Å². The van der Waals surface area contributed by atoms with Gasteiger partial charge in [-0.2, -0.15) is 0 Å². The lowest BCUT2D eigenvalue weighted by molar-refractivity contribution is 0.0595. The Morgan fingerprint density at radius 1 is 1.05 bits per heavy atom. The quantitative estimate of drug-likeness (QED) is 0.804. The van der Waals surface area contributed by atoms with Crippen molar-refractivity contribution >= 4 is 17.7 Å². The van der Waals surface area contributed by atoms with Gasteiger partial charge >= 0.3 is 5.97 Å². The summed E-state index contributed by atoms with van der Waals surface area (Å²) in [6, 6.07) is 11.9. The minimum Gasteiger partial charge on any atom is -0.497 e. The fraction of sp³-hybridized carbons (Fsp3) is 0.133. The van der Waals surface area contributed by atoms with Crippen molar-refractivity contribution in [2.24, 2.45) is 0 Å². The topological polar surface area (TPSA) is 35.5 Å². The van der Waals surface area contributed by atoms with Crippen LogP contribution in [0.5, 0.6) is 5.75 Å². The number of rotatable bonds is 4. The molecule has 0 atom stereocenters. The zero-order chi connectivity index (χ0) is 14.5. The summed E-state index contributed by atoms with van der Waals surface area (Å²) in [5, 5.41) is 0. The molecule has 0 heterocycles. The fourth-order valence-electron chi connectivity index (χ4n) is 1.61. The Hall–Kier alpha value is -2.01. The highest BCUT2D eigenvalue weighted by Gasteiger charge is 2.12. The van der Waals surface area contributed by atoms with Crippen LogP contribution in [0.1, 0.15) is 10.4 Å². The molecule has 2 aromatic carbocycles. The molecule has 3 nitrogen and oxygen atoms in total. The molecular formula is C15H13FO3S. The van der Waals surface area contributed by atoms with Gasteiger partial charge in [-0.05, 0) is 42.5 Å². The third-order valence-corrected chi connectivity index (χ3v) is 3.64. The summed E-state index contributed by atoms with van der Waals surface area (Å²) in [5.41, 5.74) is -0.0634. The Labute approximate surface area is 120 Å². The standard InChI is InChI=1S/C15H13FO3S/c1-18-10-3-5-11(6-4-10)20-12-7-8-13(14(16)9-12)15(17)19-2/h3-9H,1-2H3. The molecule has 104 valence electrons. The van der Waals surface area contributed by atoms with Gasteiger partial charge in [-0.15, -0.1) is 0 Å². The molecule has 0 unspecified atom stereocenters. The average molecular weight is 292 g/mol. The van der Waals surface area contributed by atoms with Gasteiger partial charge in [-0.25, -0.2) is 9.18 Å². The summed E-state index contributed by atoms with van der Waals surface area (Å²) >= 11 is 1.40. The highest BCUT2D eigenvalue weighted by atomic mass is 32.2. The van der Waals surface area contributed by atoms with Crippen molar-refractivity contribution in [3.05, 3.63) is 53.8 Å². The minimum atomic E-state index is -0.677. The van der Waals surface area contributed by atoms with Crippen molar-refractivity contribution in [2.45, 2.75) is 9.79 Å². The van der Waals surface area contributed by atoms with Crippen LogP contribution in [-0.4, -0.2) is 20.2 Å². The van der Waals surface area contributed by atoms with Crippen molar-refractivity contribution in [1.29, 1.82) is 0 Å². The molecule has 20 heavy (non-hydrogen) atoms. The highest BCUT2D eigenvalue weighted by Crippen LogP contribution is 2.30. The molecule has 0 saturated carbocycles. The van der Waals surface area contributed by atoms with Crippen LogP contribution in [0.2, 0.25) is 0 Å². The minimum absolute atomic E-state index is 0.0634. The summed E-state index contributed by atoms with van der Waals surface area (Å²) in [7, 11) is 2.82. The SMILES string of the molecule is COC(=O)c1ccc(Sc2ccc(OC)cc2)cc1F. The monoisotopic (exact) mass is 292 g/mol. The van der Waals surface area contributed by atoms with E-state index in [-0.39, 0.29) is 5.56 Å². The van der Waals surface area contributed by atoms with Gasteiger partial charge in [0.25, 0.3) is 0 Å². The fourth-order valence-corrected chi connectivity index (χ4v) is 2.46. The van der Waals surface area contributed by atoms with Crippen molar-refractivity contribution in [3.8, 4) is 5.75 Å². The molecule has 0 aliphatic rings. The van der Waals surface area contributed by atoms with Gasteiger partial charge in [0.1, 0.15) is 11.6 Å². The molecule has 0 bridgehead atoms. The number of methoxy groups -OCH3 is 2. The van der Waals surface area contributed by atoms with Crippen molar-refractivity contribution < 1.29 is 18.7 Å². The van der Waals surface area contributed by atoms with Crippen LogP contribution in [0.3, 0.4) is 0 Å². The molecule has 2 aromatic rings. The van der Waals surface area contributed by atoms with E-state index in [0.717, 1.165) is 10.6 Å². The third-order valence-electron chi connectivity index (χ3n) is 2.64. The van der Waals surface area contributed by atoms with E-state index in [1.807, 2.05) is 24.3 Å². The van der Waals surface area contributed by atoms with Crippen molar-refractivity contribution in [3.63, 3.8) is 0 Å². The van der Waals surface area contributed by atoms with E-state index in [2.05, 4.69) is 4.74 Å². The molecule has 0 aromatic heterocycles. The van der Waals surface area contributed by atoms with Crippen LogP contribution in [0.15, 0.2) is 52.3 Å². The largest absolute Gasteiger partial charge is 0.497 e. The molecule has 0 aliphatic heterocycles. The van der Waals surface area contributed by atoms with E-state index < -0.39 is 11.8 Å². The first kappa shape index (κ1) is 14.4. The van der Waals surface area contributed by atoms with Crippen LogP contribution >= 0.6 is 11.8 Å². The lowest BCUT2D eigenvalue weighted by Crippen LogP contribution is -2.04. The summed E-state index contributed by atoms with van der Waals surface area (Å²) in [5.74, 6) is -0.500. The van der Waals surface area contributed by atoms with Gasteiger partial charge < -0.3 is 9.47 Å². The molecule has 0 radical (unpaired) electrons. The van der Waals surface area contributed by atoms with Gasteiger partial charge in [0.05, 0.1) is 19.8 Å². The number of halogens is 1. The first-order valence-electron chi connectivity index (χ1n) is 5.84. The van der Waals surface area contributed by atoms with E-state index in [1.54, 1.807) is 13.2 Å². The highest BCUT2D eigenvalue weighted by molar-refractivity contribution is 7.99. The number of esters is 1. The second-order valence-electron chi connectivity index (χ2n) is 3.91. The van der Waals surface area contributed by atoms with Gasteiger partial charge in [0.2, 0.25) is 0 Å². The summed E-state index contributed by atoms with van der Waals surface area (Å²) in [6.45, 7) is 0. The molecular weight excluding hydrogens is 279 g/mol. The maximum atomic E-state index is 13.8. The number of ether oxygens (including phenoxy) is 2. The first-order valence-corrected chi connectivity index (χ1v) is 6.65. The zero-order valence-electron chi connectivity index (χ0n) is 11.1. The van der Waals surface area contributed by atoms with E-state index in [0.29, 0.717) is 4.90 Å². The number of hydrogen-bond donors (Lipinski definition) is 0. The molecule has 0 fully saturated rings. The summed E-state index contributed by atoms with van der Waals surface area (Å²) in [6.07, 6.45) is 0. The van der Waals surface area contributed by atoms with Gasteiger partial charge in [-0.1, -0.05) is 11.8 Å². The van der Waals surface area contributed by atoms with E-state index in [4.69, 9.17) is 4.74 Å². The second-order valence-corrected chi connectivity index (χ2v) is 5.06. The first-order chi connectivity index (χ1) is 9.63. The number of carbonyl (C=O) groups is 1. The Balaban J connectivity index is 2.17. The lowest BCUT2D eigenvalue weighted by atomic mass is 10.2. The normalized spacial score (nSPS) is 10.2. The van der Waals surface area contributed by atoms with E-state index in [9.17, 15) is 9.18 Å². The Bertz CT molecular complexity index is 611. The maximum absolute atomic E-state index is 13.8.